The van der Waals surface area contributed by atoms with E-state index in [1.54, 1.807) is 7.05 Å². The highest BCUT2D eigenvalue weighted by atomic mass is 35.7. The maximum absolute atomic E-state index is 12.0. The highest BCUT2D eigenvalue weighted by Crippen LogP contribution is 2.30. The standard InChI is InChI=1S/C8H9ClN4O4S3/c1-5-7(19(9,14)15)18-8(11-5)12-20(16,17)6-3-10-13(2)4-6/h3-4H,1-2H3,(H,11,12). The third-order valence-electron chi connectivity index (χ3n) is 2.19. The van der Waals surface area contributed by atoms with Crippen molar-refractivity contribution in [2.45, 2.75) is 16.0 Å². The van der Waals surface area contributed by atoms with Gasteiger partial charge in [-0.05, 0) is 6.92 Å². The molecule has 0 unspecified atom stereocenters. The van der Waals surface area contributed by atoms with Gasteiger partial charge in [0.15, 0.2) is 9.34 Å². The summed E-state index contributed by atoms with van der Waals surface area (Å²) in [4.78, 5) is 3.78. The molecule has 2 aromatic rings. The fraction of sp³-hybridized carbons (Fsp3) is 0.250. The maximum Gasteiger partial charge on any atom is 0.272 e. The average Bonchev–Trinajstić information content (AvgIpc) is 2.84. The van der Waals surface area contributed by atoms with Crippen molar-refractivity contribution in [2.75, 3.05) is 4.72 Å². The number of nitrogens with zero attached hydrogens (tertiary/aromatic N) is 3. The van der Waals surface area contributed by atoms with Crippen LogP contribution in [0.15, 0.2) is 21.5 Å². The minimum atomic E-state index is -3.95. The number of aryl methyl sites for hydroxylation is 2. The molecule has 0 radical (unpaired) electrons. The molecule has 2 aromatic heterocycles. The number of sulfonamides is 1. The van der Waals surface area contributed by atoms with Gasteiger partial charge in [-0.25, -0.2) is 21.8 Å². The van der Waals surface area contributed by atoms with E-state index in [0.29, 0.717) is 11.3 Å². The van der Waals surface area contributed by atoms with E-state index >= 15 is 0 Å². The van der Waals surface area contributed by atoms with Crippen LogP contribution in [0.1, 0.15) is 5.69 Å². The van der Waals surface area contributed by atoms with Crippen LogP contribution < -0.4 is 4.72 Å². The molecular weight excluding hydrogens is 348 g/mol. The molecule has 0 aliphatic rings. The van der Waals surface area contributed by atoms with E-state index in [-0.39, 0.29) is 19.9 Å². The van der Waals surface area contributed by atoms with Gasteiger partial charge in [0.05, 0.1) is 11.9 Å². The zero-order valence-electron chi connectivity index (χ0n) is 10.2. The summed E-state index contributed by atoms with van der Waals surface area (Å²) in [7, 11) is -1.02. The second kappa shape index (κ2) is 4.98. The van der Waals surface area contributed by atoms with Crippen molar-refractivity contribution in [3.8, 4) is 0 Å². The third kappa shape index (κ3) is 3.11. The Hall–Kier alpha value is -1.17. The van der Waals surface area contributed by atoms with E-state index in [4.69, 9.17) is 10.7 Å². The Bertz CT molecular complexity index is 852. The minimum Gasteiger partial charge on any atom is -0.274 e. The van der Waals surface area contributed by atoms with Crippen molar-refractivity contribution in [1.29, 1.82) is 0 Å². The molecule has 110 valence electrons. The molecule has 8 nitrogen and oxygen atoms in total. The van der Waals surface area contributed by atoms with Crippen LogP contribution >= 0.6 is 22.0 Å². The molecule has 0 spiro atoms. The fourth-order valence-electron chi connectivity index (χ4n) is 1.36. The second-order valence-electron chi connectivity index (χ2n) is 3.78. The van der Waals surface area contributed by atoms with Gasteiger partial charge in [0.2, 0.25) is 0 Å². The summed E-state index contributed by atoms with van der Waals surface area (Å²) in [6.45, 7) is 1.42. The summed E-state index contributed by atoms with van der Waals surface area (Å²) in [5.74, 6) is 0. The minimum absolute atomic E-state index is 0.0527. The number of thiazole rings is 1. The molecule has 0 amide bonds. The number of rotatable bonds is 4. The number of halogens is 1. The van der Waals surface area contributed by atoms with Gasteiger partial charge in [-0.1, -0.05) is 11.3 Å². The van der Waals surface area contributed by atoms with E-state index in [1.165, 1.54) is 24.0 Å². The third-order valence-corrected chi connectivity index (χ3v) is 6.86. The highest BCUT2D eigenvalue weighted by Gasteiger charge is 2.23. The predicted molar refractivity (Wildman–Crippen MR) is 73.9 cm³/mol. The number of anilines is 1. The average molecular weight is 357 g/mol. The summed E-state index contributed by atoms with van der Waals surface area (Å²) < 4.78 is 49.8. The first-order chi connectivity index (χ1) is 9.09. The van der Waals surface area contributed by atoms with Crippen LogP contribution in [-0.2, 0) is 26.1 Å². The quantitative estimate of drug-likeness (QED) is 0.815. The van der Waals surface area contributed by atoms with E-state index in [0.717, 1.165) is 0 Å². The number of hydrogen-bond acceptors (Lipinski definition) is 7. The van der Waals surface area contributed by atoms with Gasteiger partial charge in [0, 0.05) is 23.9 Å². The Morgan fingerprint density at radius 1 is 1.35 bits per heavy atom. The second-order valence-corrected chi connectivity index (χ2v) is 9.23. The van der Waals surface area contributed by atoms with Crippen LogP contribution in [0.3, 0.4) is 0 Å². The number of hydrogen-bond donors (Lipinski definition) is 1. The summed E-state index contributed by atoms with van der Waals surface area (Å²) in [5.41, 5.74) is 0.133. The molecule has 0 bridgehead atoms. The van der Waals surface area contributed by atoms with E-state index in [1.807, 2.05) is 0 Å². The van der Waals surface area contributed by atoms with Crippen molar-refractivity contribution in [1.82, 2.24) is 14.8 Å². The van der Waals surface area contributed by atoms with Crippen LogP contribution in [0, 0.1) is 6.92 Å². The molecule has 12 heteroatoms. The predicted octanol–water partition coefficient (Wildman–Crippen LogP) is 0.913. The molecule has 0 saturated heterocycles. The smallest absolute Gasteiger partial charge is 0.272 e. The van der Waals surface area contributed by atoms with Crippen molar-refractivity contribution in [3.05, 3.63) is 18.1 Å². The van der Waals surface area contributed by atoms with Crippen LogP contribution in [0.2, 0.25) is 0 Å². The molecule has 2 heterocycles. The maximum atomic E-state index is 12.0. The molecule has 2 rings (SSSR count). The van der Waals surface area contributed by atoms with E-state index in [2.05, 4.69) is 14.8 Å². The molecule has 0 saturated carbocycles. The lowest BCUT2D eigenvalue weighted by Crippen LogP contribution is -2.12. The lowest BCUT2D eigenvalue weighted by molar-refractivity contribution is 0.600. The van der Waals surface area contributed by atoms with Gasteiger partial charge >= 0.3 is 0 Å². The topological polar surface area (TPSA) is 111 Å². The normalized spacial score (nSPS) is 12.6. The molecule has 0 aliphatic heterocycles. The van der Waals surface area contributed by atoms with Gasteiger partial charge < -0.3 is 0 Å². The Balaban J connectivity index is 2.36. The Kier molecular flexibility index (Phi) is 3.79. The Morgan fingerprint density at radius 2 is 2.00 bits per heavy atom. The lowest BCUT2D eigenvalue weighted by atomic mass is 10.6. The van der Waals surface area contributed by atoms with Crippen LogP contribution in [0.4, 0.5) is 5.13 Å². The summed E-state index contributed by atoms with van der Waals surface area (Å²) in [6, 6.07) is 0. The van der Waals surface area contributed by atoms with Crippen molar-refractivity contribution < 1.29 is 16.8 Å². The summed E-state index contributed by atoms with van der Waals surface area (Å²) in [6.07, 6.45) is 2.48. The van der Waals surface area contributed by atoms with Crippen molar-refractivity contribution in [3.63, 3.8) is 0 Å². The molecule has 1 N–H and O–H groups in total. The molecule has 20 heavy (non-hydrogen) atoms. The van der Waals surface area contributed by atoms with E-state index < -0.39 is 19.1 Å². The first-order valence-corrected chi connectivity index (χ1v) is 9.64. The zero-order valence-corrected chi connectivity index (χ0v) is 13.4. The van der Waals surface area contributed by atoms with Crippen LogP contribution in [0.25, 0.3) is 0 Å². The number of nitrogens with one attached hydrogen (secondary N) is 1. The highest BCUT2D eigenvalue weighted by molar-refractivity contribution is 8.15. The van der Waals surface area contributed by atoms with Gasteiger partial charge in [-0.3, -0.25) is 9.40 Å². The molecule has 0 atom stereocenters. The van der Waals surface area contributed by atoms with Crippen molar-refractivity contribution in [2.24, 2.45) is 7.05 Å². The van der Waals surface area contributed by atoms with Gasteiger partial charge in [-0.15, -0.1) is 0 Å². The summed E-state index contributed by atoms with van der Waals surface area (Å²) in [5, 5.41) is 3.67. The van der Waals surface area contributed by atoms with Gasteiger partial charge in [0.25, 0.3) is 19.1 Å². The molecule has 0 fully saturated rings. The monoisotopic (exact) mass is 356 g/mol. The van der Waals surface area contributed by atoms with Crippen LogP contribution in [-0.4, -0.2) is 31.6 Å². The van der Waals surface area contributed by atoms with Gasteiger partial charge in [0.1, 0.15) is 4.90 Å². The van der Waals surface area contributed by atoms with E-state index in [9.17, 15) is 16.8 Å². The fourth-order valence-corrected chi connectivity index (χ4v) is 4.93. The van der Waals surface area contributed by atoms with Gasteiger partial charge in [-0.2, -0.15) is 5.10 Å². The lowest BCUT2D eigenvalue weighted by Gasteiger charge is -2.01. The SMILES string of the molecule is Cc1nc(NS(=O)(=O)c2cnn(C)c2)sc1S(=O)(=O)Cl. The molecule has 0 aliphatic carbocycles. The van der Waals surface area contributed by atoms with Crippen molar-refractivity contribution >= 4 is 46.2 Å². The number of aromatic nitrogens is 3. The first kappa shape index (κ1) is 15.2. The zero-order chi connectivity index (χ0) is 15.1. The first-order valence-electron chi connectivity index (χ1n) is 5.03. The molecule has 0 aromatic carbocycles. The summed E-state index contributed by atoms with van der Waals surface area (Å²) >= 11 is 0.646. The Labute approximate surface area is 123 Å². The van der Waals surface area contributed by atoms with Crippen LogP contribution in [0.5, 0.6) is 0 Å². The molecular formula is C8H9ClN4O4S3. The Morgan fingerprint density at radius 3 is 2.45 bits per heavy atom. The largest absolute Gasteiger partial charge is 0.274 e.